The smallest absolute Gasteiger partial charge is 0.403 e. The summed E-state index contributed by atoms with van der Waals surface area (Å²) in [6.07, 6.45) is 3.06. The quantitative estimate of drug-likeness (QED) is 0.651. The van der Waals surface area contributed by atoms with Crippen molar-refractivity contribution in [2.75, 3.05) is 4.72 Å². The molecule has 0 radical (unpaired) electrons. The molecule has 3 rings (SSSR count). The highest BCUT2D eigenvalue weighted by atomic mass is 32.2. The molecule has 1 N–H and O–H groups in total. The number of benzene rings is 1. The Balaban J connectivity index is 1.76. The Morgan fingerprint density at radius 3 is 2.46 bits per heavy atom. The summed E-state index contributed by atoms with van der Waals surface area (Å²) in [5.74, 6) is 0.0627. The van der Waals surface area contributed by atoms with Gasteiger partial charge in [-0.15, -0.1) is 5.10 Å². The highest BCUT2D eigenvalue weighted by Crippen LogP contribution is 2.37. The minimum absolute atomic E-state index is 0.0627. The summed E-state index contributed by atoms with van der Waals surface area (Å²) >= 11 is -0.337. The fourth-order valence-corrected chi connectivity index (χ4v) is 3.37. The minimum Gasteiger partial charge on any atom is -0.403 e. The molecule has 2 heterocycles. The van der Waals surface area contributed by atoms with Crippen LogP contribution in [-0.2, 0) is 17.1 Å². The van der Waals surface area contributed by atoms with E-state index in [9.17, 15) is 21.6 Å². The maximum Gasteiger partial charge on any atom is 0.446 e. The first-order valence-corrected chi connectivity index (χ1v) is 9.13. The van der Waals surface area contributed by atoms with Gasteiger partial charge in [0.1, 0.15) is 0 Å². The van der Waals surface area contributed by atoms with Crippen molar-refractivity contribution < 1.29 is 26.0 Å². The van der Waals surface area contributed by atoms with Gasteiger partial charge in [0.15, 0.2) is 0 Å². The predicted molar refractivity (Wildman–Crippen MR) is 85.7 cm³/mol. The van der Waals surface area contributed by atoms with Crippen molar-refractivity contribution in [3.05, 3.63) is 36.7 Å². The zero-order valence-electron chi connectivity index (χ0n) is 12.9. The maximum absolute atomic E-state index is 12.3. The first-order valence-electron chi connectivity index (χ1n) is 6.83. The summed E-state index contributed by atoms with van der Waals surface area (Å²) in [7, 11) is -2.41. The number of alkyl halides is 3. The second-order valence-electron chi connectivity index (χ2n) is 4.94. The monoisotopic (exact) mass is 405 g/mol. The van der Waals surface area contributed by atoms with Gasteiger partial charge < -0.3 is 4.42 Å². The number of nitrogens with one attached hydrogen (secondary N) is 1. The van der Waals surface area contributed by atoms with Crippen LogP contribution in [0.25, 0.3) is 11.5 Å². The van der Waals surface area contributed by atoms with Gasteiger partial charge in [-0.3, -0.25) is 4.68 Å². The van der Waals surface area contributed by atoms with Crippen LogP contribution in [0.1, 0.15) is 0 Å². The lowest BCUT2D eigenvalue weighted by atomic mass is 10.4. The van der Waals surface area contributed by atoms with E-state index in [1.54, 1.807) is 13.2 Å². The second-order valence-corrected chi connectivity index (χ2v) is 7.76. The zero-order chi connectivity index (χ0) is 18.9. The Bertz CT molecular complexity index is 1010. The third kappa shape index (κ3) is 4.35. The molecule has 0 aliphatic heterocycles. The molecule has 0 aliphatic carbocycles. The first-order chi connectivity index (χ1) is 12.1. The number of thioether (sulfide) groups is 1. The van der Waals surface area contributed by atoms with E-state index in [0.717, 1.165) is 24.3 Å². The first kappa shape index (κ1) is 18.3. The van der Waals surface area contributed by atoms with E-state index < -0.39 is 15.5 Å². The molecule has 0 aliphatic rings. The van der Waals surface area contributed by atoms with Crippen molar-refractivity contribution in [3.63, 3.8) is 0 Å². The lowest BCUT2D eigenvalue weighted by Crippen LogP contribution is -2.13. The van der Waals surface area contributed by atoms with Gasteiger partial charge in [0.05, 0.1) is 16.7 Å². The van der Waals surface area contributed by atoms with Gasteiger partial charge in [0, 0.05) is 18.1 Å². The molecule has 1 aromatic carbocycles. The summed E-state index contributed by atoms with van der Waals surface area (Å²) in [5, 5.41) is 11.2. The van der Waals surface area contributed by atoms with Crippen LogP contribution in [-0.4, -0.2) is 33.9 Å². The average Bonchev–Trinajstić information content (AvgIpc) is 3.14. The van der Waals surface area contributed by atoms with Crippen LogP contribution in [0, 0.1) is 0 Å². The third-order valence-corrected chi connectivity index (χ3v) is 5.04. The standard InChI is InChI=1S/C13H10F3N5O3S2/c1-21-7-8(6-17-21)11-18-19-12(24-11)20-26(22,23)10-4-2-9(3-5-10)25-13(14,15)16/h2-7H,1H3,(H,19,20). The molecule has 3 aromatic rings. The van der Waals surface area contributed by atoms with E-state index >= 15 is 0 Å². The van der Waals surface area contributed by atoms with E-state index in [0.29, 0.717) is 5.56 Å². The Labute approximate surface area is 149 Å². The Kier molecular flexibility index (Phi) is 4.66. The van der Waals surface area contributed by atoms with Gasteiger partial charge >= 0.3 is 11.5 Å². The number of aromatic nitrogens is 4. The van der Waals surface area contributed by atoms with Crippen LogP contribution < -0.4 is 4.72 Å². The number of aryl methyl sites for hydroxylation is 1. The van der Waals surface area contributed by atoms with Crippen molar-refractivity contribution in [2.24, 2.45) is 7.05 Å². The summed E-state index contributed by atoms with van der Waals surface area (Å²) in [5.41, 5.74) is -3.95. The van der Waals surface area contributed by atoms with Crippen LogP contribution in [0.5, 0.6) is 0 Å². The second kappa shape index (κ2) is 6.64. The van der Waals surface area contributed by atoms with Crippen molar-refractivity contribution in [3.8, 4) is 11.5 Å². The van der Waals surface area contributed by atoms with Gasteiger partial charge in [-0.2, -0.15) is 18.3 Å². The molecule has 138 valence electrons. The maximum atomic E-state index is 12.3. The van der Waals surface area contributed by atoms with Gasteiger partial charge in [-0.25, -0.2) is 13.1 Å². The van der Waals surface area contributed by atoms with Gasteiger partial charge in [0.2, 0.25) is 0 Å². The fourth-order valence-electron chi connectivity index (χ4n) is 1.91. The van der Waals surface area contributed by atoms with Gasteiger partial charge in [-0.1, -0.05) is 5.10 Å². The molecule has 0 fully saturated rings. The molecule has 0 atom stereocenters. The highest BCUT2D eigenvalue weighted by Gasteiger charge is 2.29. The van der Waals surface area contributed by atoms with E-state index in [2.05, 4.69) is 20.0 Å². The van der Waals surface area contributed by atoms with Crippen LogP contribution in [0.3, 0.4) is 0 Å². The number of nitrogens with zero attached hydrogens (tertiary/aromatic N) is 4. The molecule has 0 spiro atoms. The van der Waals surface area contributed by atoms with Crippen molar-refractivity contribution in [1.29, 1.82) is 0 Å². The van der Waals surface area contributed by atoms with Crippen molar-refractivity contribution in [1.82, 2.24) is 20.0 Å². The zero-order valence-corrected chi connectivity index (χ0v) is 14.6. The molecule has 0 unspecified atom stereocenters. The fraction of sp³-hybridized carbons (Fsp3) is 0.154. The normalized spacial score (nSPS) is 12.3. The lowest BCUT2D eigenvalue weighted by Gasteiger charge is -2.07. The number of hydrogen-bond donors (Lipinski definition) is 1. The van der Waals surface area contributed by atoms with E-state index in [-0.39, 0.29) is 33.5 Å². The number of halogens is 3. The summed E-state index contributed by atoms with van der Waals surface area (Å²) < 4.78 is 70.2. The molecule has 0 saturated carbocycles. The summed E-state index contributed by atoms with van der Waals surface area (Å²) in [6, 6.07) is 3.84. The number of hydrogen-bond acceptors (Lipinski definition) is 7. The SMILES string of the molecule is Cn1cc(-c2nnc(NS(=O)(=O)c3ccc(SC(F)(F)F)cc3)o2)cn1. The van der Waals surface area contributed by atoms with Crippen LogP contribution in [0.2, 0.25) is 0 Å². The predicted octanol–water partition coefficient (Wildman–Crippen LogP) is 2.88. The molecule has 0 saturated heterocycles. The van der Waals surface area contributed by atoms with Crippen molar-refractivity contribution >= 4 is 27.8 Å². The molecule has 26 heavy (non-hydrogen) atoms. The van der Waals surface area contributed by atoms with Crippen LogP contribution >= 0.6 is 11.8 Å². The lowest BCUT2D eigenvalue weighted by molar-refractivity contribution is -0.0328. The van der Waals surface area contributed by atoms with Crippen LogP contribution in [0.4, 0.5) is 19.2 Å². The Hall–Kier alpha value is -2.54. The van der Waals surface area contributed by atoms with Gasteiger partial charge in [0.25, 0.3) is 15.9 Å². The van der Waals surface area contributed by atoms with Crippen molar-refractivity contribution in [2.45, 2.75) is 15.3 Å². The van der Waals surface area contributed by atoms with E-state index in [4.69, 9.17) is 4.42 Å². The third-order valence-electron chi connectivity index (χ3n) is 2.97. The largest absolute Gasteiger partial charge is 0.446 e. The molecule has 13 heteroatoms. The molecule has 2 aromatic heterocycles. The van der Waals surface area contributed by atoms with E-state index in [1.165, 1.54) is 10.9 Å². The number of anilines is 1. The minimum atomic E-state index is -4.45. The number of rotatable bonds is 5. The van der Waals surface area contributed by atoms with Gasteiger partial charge in [-0.05, 0) is 36.0 Å². The van der Waals surface area contributed by atoms with E-state index in [1.807, 2.05) is 0 Å². The summed E-state index contributed by atoms with van der Waals surface area (Å²) in [4.78, 5) is -0.377. The molecule has 8 nitrogen and oxygen atoms in total. The Morgan fingerprint density at radius 2 is 1.88 bits per heavy atom. The highest BCUT2D eigenvalue weighted by molar-refractivity contribution is 8.00. The van der Waals surface area contributed by atoms with Crippen LogP contribution in [0.15, 0.2) is 50.9 Å². The number of sulfonamides is 1. The molecular formula is C13H10F3N5O3S2. The topological polar surface area (TPSA) is 103 Å². The average molecular weight is 405 g/mol. The molecular weight excluding hydrogens is 395 g/mol. The molecule has 0 bridgehead atoms. The Morgan fingerprint density at radius 1 is 1.19 bits per heavy atom. The summed E-state index contributed by atoms with van der Waals surface area (Å²) in [6.45, 7) is 0. The molecule has 0 amide bonds.